The van der Waals surface area contributed by atoms with Crippen LogP contribution in [0.2, 0.25) is 5.02 Å². The van der Waals surface area contributed by atoms with E-state index in [4.69, 9.17) is 11.6 Å². The molecular formula is C24H23ClF2N4O3S2. The Morgan fingerprint density at radius 1 is 1.17 bits per heavy atom. The molecule has 2 saturated heterocycles. The maximum atomic E-state index is 14.8. The Hall–Kier alpha value is -2.21. The van der Waals surface area contributed by atoms with Crippen molar-refractivity contribution in [3.05, 3.63) is 51.4 Å². The number of aryl methyl sites for hydroxylation is 1. The molecule has 3 aromatic rings. The SMILES string of the molecule is CS(=O)(=O)N1C[C@H]2CCCN(c3nc(=O)n4c5c(c(-c6ccc(F)cc6F)c(Cl)cc35)SCC4)[C@H]2C1. The summed E-state index contributed by atoms with van der Waals surface area (Å²) in [5.41, 5.74) is 0.816. The summed E-state index contributed by atoms with van der Waals surface area (Å²) in [6.07, 6.45) is 2.96. The van der Waals surface area contributed by atoms with E-state index in [0.717, 1.165) is 18.9 Å². The third-order valence-corrected chi connectivity index (χ3v) is 10.0. The van der Waals surface area contributed by atoms with E-state index in [1.54, 1.807) is 10.6 Å². The summed E-state index contributed by atoms with van der Waals surface area (Å²) in [5, 5.41) is 0.954. The Labute approximate surface area is 216 Å². The third-order valence-electron chi connectivity index (χ3n) is 7.40. The van der Waals surface area contributed by atoms with Gasteiger partial charge in [-0.1, -0.05) is 11.6 Å². The van der Waals surface area contributed by atoms with Crippen LogP contribution in [-0.2, 0) is 16.6 Å². The molecule has 0 aliphatic carbocycles. The first-order chi connectivity index (χ1) is 17.1. The topological polar surface area (TPSA) is 75.5 Å². The van der Waals surface area contributed by atoms with Crippen LogP contribution < -0.4 is 10.6 Å². The predicted molar refractivity (Wildman–Crippen MR) is 137 cm³/mol. The van der Waals surface area contributed by atoms with E-state index in [1.807, 2.05) is 0 Å². The van der Waals surface area contributed by atoms with Gasteiger partial charge >= 0.3 is 5.69 Å². The third kappa shape index (κ3) is 3.82. The fraction of sp³-hybridized carbons (Fsp3) is 0.417. The number of piperidine rings is 1. The van der Waals surface area contributed by atoms with Gasteiger partial charge in [-0.05, 0) is 37.0 Å². The average molecular weight is 553 g/mol. The number of nitrogens with zero attached hydrogens (tertiary/aromatic N) is 4. The summed E-state index contributed by atoms with van der Waals surface area (Å²) >= 11 is 8.24. The summed E-state index contributed by atoms with van der Waals surface area (Å²) in [4.78, 5) is 20.4. The molecule has 0 saturated carbocycles. The summed E-state index contributed by atoms with van der Waals surface area (Å²) < 4.78 is 56.0. The number of benzene rings is 2. The molecule has 6 rings (SSSR count). The molecule has 2 fully saturated rings. The lowest BCUT2D eigenvalue weighted by Crippen LogP contribution is -2.47. The first-order valence-corrected chi connectivity index (χ1v) is 14.9. The minimum absolute atomic E-state index is 0.105. The molecule has 2 aromatic carbocycles. The minimum Gasteiger partial charge on any atom is -0.351 e. The highest BCUT2D eigenvalue weighted by Crippen LogP contribution is 2.47. The van der Waals surface area contributed by atoms with Gasteiger partial charge in [0, 0.05) is 65.4 Å². The molecule has 190 valence electrons. The molecule has 3 aliphatic rings. The van der Waals surface area contributed by atoms with Gasteiger partial charge in [0.25, 0.3) is 0 Å². The van der Waals surface area contributed by atoms with Crippen LogP contribution in [0.25, 0.3) is 22.0 Å². The Morgan fingerprint density at radius 3 is 2.72 bits per heavy atom. The molecule has 3 aliphatic heterocycles. The molecule has 0 spiro atoms. The summed E-state index contributed by atoms with van der Waals surface area (Å²) in [6.45, 7) is 1.87. The van der Waals surface area contributed by atoms with Crippen molar-refractivity contribution in [2.75, 3.05) is 36.5 Å². The Kier molecular flexibility index (Phi) is 5.82. The second-order valence-corrected chi connectivity index (χ2v) is 13.0. The highest BCUT2D eigenvalue weighted by molar-refractivity contribution is 7.99. The number of rotatable bonds is 3. The molecule has 2 atom stereocenters. The van der Waals surface area contributed by atoms with Crippen molar-refractivity contribution in [3.8, 4) is 11.1 Å². The highest BCUT2D eigenvalue weighted by atomic mass is 35.5. The van der Waals surface area contributed by atoms with E-state index < -0.39 is 27.3 Å². The number of anilines is 1. The van der Waals surface area contributed by atoms with Gasteiger partial charge in [-0.15, -0.1) is 11.8 Å². The minimum atomic E-state index is -3.34. The predicted octanol–water partition coefficient (Wildman–Crippen LogP) is 3.96. The lowest BCUT2D eigenvalue weighted by molar-refractivity contribution is 0.380. The molecule has 0 bridgehead atoms. The van der Waals surface area contributed by atoms with E-state index in [9.17, 15) is 22.0 Å². The molecule has 12 heteroatoms. The molecule has 0 amide bonds. The molecule has 0 unspecified atom stereocenters. The van der Waals surface area contributed by atoms with Crippen molar-refractivity contribution >= 4 is 50.1 Å². The van der Waals surface area contributed by atoms with Crippen molar-refractivity contribution in [1.82, 2.24) is 13.9 Å². The molecule has 0 N–H and O–H groups in total. The van der Waals surface area contributed by atoms with Crippen LogP contribution in [0.3, 0.4) is 0 Å². The highest BCUT2D eigenvalue weighted by Gasteiger charge is 2.43. The number of fused-ring (bicyclic) bond motifs is 1. The Bertz CT molecular complexity index is 1580. The molecular weight excluding hydrogens is 530 g/mol. The van der Waals surface area contributed by atoms with Crippen molar-refractivity contribution in [1.29, 1.82) is 0 Å². The zero-order valence-electron chi connectivity index (χ0n) is 19.4. The quantitative estimate of drug-likeness (QED) is 0.490. The lowest BCUT2D eigenvalue weighted by Gasteiger charge is -2.38. The van der Waals surface area contributed by atoms with Crippen molar-refractivity contribution in [2.24, 2.45) is 5.92 Å². The van der Waals surface area contributed by atoms with Crippen LogP contribution in [0.1, 0.15) is 12.8 Å². The maximum Gasteiger partial charge on any atom is 0.350 e. The fourth-order valence-electron chi connectivity index (χ4n) is 5.79. The van der Waals surface area contributed by atoms with Crippen molar-refractivity contribution in [3.63, 3.8) is 0 Å². The molecule has 4 heterocycles. The summed E-state index contributed by atoms with van der Waals surface area (Å²) in [6, 6.07) is 4.97. The summed E-state index contributed by atoms with van der Waals surface area (Å²) in [5.74, 6) is -0.216. The maximum absolute atomic E-state index is 14.8. The van der Waals surface area contributed by atoms with Gasteiger partial charge in [0.2, 0.25) is 10.0 Å². The van der Waals surface area contributed by atoms with Crippen LogP contribution in [0.5, 0.6) is 0 Å². The van der Waals surface area contributed by atoms with Crippen LogP contribution in [0.15, 0.2) is 34.0 Å². The van der Waals surface area contributed by atoms with E-state index in [-0.39, 0.29) is 22.5 Å². The van der Waals surface area contributed by atoms with Crippen LogP contribution in [0, 0.1) is 17.6 Å². The number of hydrogen-bond donors (Lipinski definition) is 0. The molecule has 36 heavy (non-hydrogen) atoms. The first-order valence-electron chi connectivity index (χ1n) is 11.7. The van der Waals surface area contributed by atoms with Crippen molar-refractivity contribution < 1.29 is 17.2 Å². The summed E-state index contributed by atoms with van der Waals surface area (Å²) in [7, 11) is -3.34. The van der Waals surface area contributed by atoms with Gasteiger partial charge in [-0.2, -0.15) is 9.29 Å². The average Bonchev–Trinajstić information content (AvgIpc) is 3.27. The largest absolute Gasteiger partial charge is 0.351 e. The van der Waals surface area contributed by atoms with E-state index >= 15 is 0 Å². The van der Waals surface area contributed by atoms with Gasteiger partial charge < -0.3 is 4.90 Å². The van der Waals surface area contributed by atoms with Crippen LogP contribution in [0.4, 0.5) is 14.6 Å². The van der Waals surface area contributed by atoms with Gasteiger partial charge in [-0.25, -0.2) is 22.0 Å². The van der Waals surface area contributed by atoms with Gasteiger partial charge in [0.05, 0.1) is 16.8 Å². The van der Waals surface area contributed by atoms with Crippen LogP contribution >= 0.6 is 23.4 Å². The Balaban J connectivity index is 1.56. The van der Waals surface area contributed by atoms with Crippen molar-refractivity contribution in [2.45, 2.75) is 30.3 Å². The van der Waals surface area contributed by atoms with E-state index in [0.29, 0.717) is 59.1 Å². The van der Waals surface area contributed by atoms with E-state index in [2.05, 4.69) is 9.88 Å². The molecule has 1 aromatic heterocycles. The normalized spacial score (nSPS) is 22.3. The van der Waals surface area contributed by atoms with Gasteiger partial charge in [0.15, 0.2) is 0 Å². The molecule has 0 radical (unpaired) electrons. The zero-order chi connectivity index (χ0) is 25.4. The van der Waals surface area contributed by atoms with Crippen LogP contribution in [-0.4, -0.2) is 60.0 Å². The standard InChI is InChI=1S/C24H23ClF2N4O3S2/c1-36(33,34)29-11-13-3-2-6-30(19(13)12-29)23-16-10-17(25)20(15-5-4-14(26)9-18(15)27)22-21(16)31(7-8-35-22)24(32)28-23/h4-5,9-10,13,19H,2-3,6-8,11-12H2,1H3/t13-,19+/m1/s1. The second kappa shape index (κ2) is 8.68. The fourth-order valence-corrected chi connectivity index (χ4v) is 8.23. The van der Waals surface area contributed by atoms with Gasteiger partial charge in [0.1, 0.15) is 17.5 Å². The number of sulfonamides is 1. The molecule has 7 nitrogen and oxygen atoms in total. The Morgan fingerprint density at radius 2 is 1.97 bits per heavy atom. The number of aromatic nitrogens is 2. The monoisotopic (exact) mass is 552 g/mol. The smallest absolute Gasteiger partial charge is 0.350 e. The van der Waals surface area contributed by atoms with Gasteiger partial charge in [-0.3, -0.25) is 4.57 Å². The lowest BCUT2D eigenvalue weighted by atomic mass is 9.91. The van der Waals surface area contributed by atoms with E-state index in [1.165, 1.54) is 34.5 Å². The first kappa shape index (κ1) is 24.1. The number of thioether (sulfide) groups is 1. The number of halogens is 3. The zero-order valence-corrected chi connectivity index (χ0v) is 21.8. The second-order valence-electron chi connectivity index (χ2n) is 9.54. The number of hydrogen-bond acceptors (Lipinski definition) is 6.